The van der Waals surface area contributed by atoms with Gasteiger partial charge in [0.25, 0.3) is 0 Å². The van der Waals surface area contributed by atoms with Crippen molar-refractivity contribution in [1.29, 1.82) is 0 Å². The van der Waals surface area contributed by atoms with Crippen molar-refractivity contribution in [3.05, 3.63) is 24.5 Å². The Bertz CT molecular complexity index is 544. The maximum absolute atomic E-state index is 11.5. The number of fused-ring (bicyclic) bond motifs is 1. The fraction of sp³-hybridized carbons (Fsp3) is 0.333. The molecule has 5 heteroatoms. The average Bonchev–Trinajstić information content (AvgIpc) is 2.58. The number of hydrogen-bond acceptors (Lipinski definition) is 3. The molecule has 0 aliphatic carbocycles. The average molecular weight is 232 g/mol. The number of hydrogen-bond donors (Lipinski definition) is 2. The molecule has 90 valence electrons. The molecule has 1 aromatic heterocycles. The maximum Gasteiger partial charge on any atom is 0.225 e. The number of carbonyl (C=O) groups excluding carboxylic acids is 1. The first-order valence-corrected chi connectivity index (χ1v) is 5.53. The second-order valence-electron chi connectivity index (χ2n) is 4.29. The summed E-state index contributed by atoms with van der Waals surface area (Å²) < 4.78 is 1.93. The van der Waals surface area contributed by atoms with Crippen molar-refractivity contribution in [1.82, 2.24) is 9.55 Å². The summed E-state index contributed by atoms with van der Waals surface area (Å²) in [5.41, 5.74) is 8.22. The molecular weight excluding hydrogens is 216 g/mol. The summed E-state index contributed by atoms with van der Waals surface area (Å²) in [4.78, 5) is 15.8. The first-order valence-electron chi connectivity index (χ1n) is 5.53. The second-order valence-corrected chi connectivity index (χ2v) is 4.29. The minimum atomic E-state index is -0.131. The van der Waals surface area contributed by atoms with Crippen molar-refractivity contribution in [2.75, 3.05) is 5.32 Å². The highest BCUT2D eigenvalue weighted by atomic mass is 16.1. The molecule has 0 aliphatic heterocycles. The van der Waals surface area contributed by atoms with Gasteiger partial charge in [0.05, 0.1) is 17.4 Å². The predicted molar refractivity (Wildman–Crippen MR) is 67.6 cm³/mol. The van der Waals surface area contributed by atoms with Gasteiger partial charge in [-0.15, -0.1) is 0 Å². The van der Waals surface area contributed by atoms with Gasteiger partial charge in [-0.1, -0.05) is 0 Å². The van der Waals surface area contributed by atoms with E-state index in [2.05, 4.69) is 10.3 Å². The van der Waals surface area contributed by atoms with Crippen LogP contribution in [-0.4, -0.2) is 21.5 Å². The van der Waals surface area contributed by atoms with E-state index < -0.39 is 0 Å². The van der Waals surface area contributed by atoms with Gasteiger partial charge in [0.15, 0.2) is 0 Å². The number of benzene rings is 1. The molecule has 0 saturated carbocycles. The van der Waals surface area contributed by atoms with Crippen molar-refractivity contribution >= 4 is 22.6 Å². The number of nitrogens with two attached hydrogens (primary N) is 1. The number of rotatable bonds is 3. The number of aryl methyl sites for hydroxylation is 1. The van der Waals surface area contributed by atoms with E-state index in [-0.39, 0.29) is 11.9 Å². The lowest BCUT2D eigenvalue weighted by molar-refractivity contribution is -0.116. The molecule has 0 saturated heterocycles. The van der Waals surface area contributed by atoms with Crippen molar-refractivity contribution in [2.24, 2.45) is 12.8 Å². The van der Waals surface area contributed by atoms with E-state index in [0.29, 0.717) is 6.42 Å². The van der Waals surface area contributed by atoms with Crippen LogP contribution in [0.5, 0.6) is 0 Å². The molecule has 2 aromatic rings. The molecule has 1 amide bonds. The molecule has 0 bridgehead atoms. The van der Waals surface area contributed by atoms with Gasteiger partial charge < -0.3 is 15.6 Å². The van der Waals surface area contributed by atoms with Crippen molar-refractivity contribution in [3.63, 3.8) is 0 Å². The highest BCUT2D eigenvalue weighted by molar-refractivity contribution is 5.93. The zero-order valence-electron chi connectivity index (χ0n) is 9.97. The topological polar surface area (TPSA) is 72.9 Å². The summed E-state index contributed by atoms with van der Waals surface area (Å²) >= 11 is 0. The van der Waals surface area contributed by atoms with Gasteiger partial charge in [-0.2, -0.15) is 0 Å². The number of carbonyl (C=O) groups is 1. The van der Waals surface area contributed by atoms with Crippen LogP contribution in [0.3, 0.4) is 0 Å². The monoisotopic (exact) mass is 232 g/mol. The Balaban J connectivity index is 2.17. The van der Waals surface area contributed by atoms with Crippen LogP contribution in [0, 0.1) is 0 Å². The zero-order valence-corrected chi connectivity index (χ0v) is 9.97. The Labute approximate surface area is 99.6 Å². The van der Waals surface area contributed by atoms with Crippen LogP contribution in [0.25, 0.3) is 11.0 Å². The molecule has 1 atom stereocenters. The maximum atomic E-state index is 11.5. The van der Waals surface area contributed by atoms with E-state index in [0.717, 1.165) is 16.7 Å². The standard InChI is InChI=1S/C12H16N4O/c1-8(13)5-12(17)15-9-3-4-11-10(6-9)14-7-16(11)2/h3-4,6-8H,5,13H2,1-2H3,(H,15,17). The Morgan fingerprint density at radius 1 is 1.59 bits per heavy atom. The van der Waals surface area contributed by atoms with Crippen LogP contribution < -0.4 is 11.1 Å². The molecule has 3 N–H and O–H groups in total. The smallest absolute Gasteiger partial charge is 0.225 e. The SMILES string of the molecule is CC(N)CC(=O)Nc1ccc2c(c1)ncn2C. The highest BCUT2D eigenvalue weighted by Gasteiger charge is 2.06. The van der Waals surface area contributed by atoms with E-state index in [4.69, 9.17) is 5.73 Å². The normalized spacial score (nSPS) is 12.6. The number of anilines is 1. The number of imidazole rings is 1. The third-order valence-electron chi connectivity index (χ3n) is 2.52. The summed E-state index contributed by atoms with van der Waals surface area (Å²) in [6.45, 7) is 1.81. The Morgan fingerprint density at radius 3 is 3.06 bits per heavy atom. The van der Waals surface area contributed by atoms with Crippen LogP contribution in [-0.2, 0) is 11.8 Å². The molecule has 1 unspecified atom stereocenters. The van der Waals surface area contributed by atoms with Crippen LogP contribution >= 0.6 is 0 Å². The third kappa shape index (κ3) is 2.62. The number of aromatic nitrogens is 2. The van der Waals surface area contributed by atoms with E-state index >= 15 is 0 Å². The van der Waals surface area contributed by atoms with Gasteiger partial charge in [0, 0.05) is 25.2 Å². The quantitative estimate of drug-likeness (QED) is 0.836. The van der Waals surface area contributed by atoms with Crippen LogP contribution in [0.4, 0.5) is 5.69 Å². The lowest BCUT2D eigenvalue weighted by atomic mass is 10.2. The molecule has 1 aromatic carbocycles. The van der Waals surface area contributed by atoms with E-state index in [1.165, 1.54) is 0 Å². The van der Waals surface area contributed by atoms with Crippen molar-refractivity contribution < 1.29 is 4.79 Å². The highest BCUT2D eigenvalue weighted by Crippen LogP contribution is 2.17. The fourth-order valence-corrected chi connectivity index (χ4v) is 1.72. The summed E-state index contributed by atoms with van der Waals surface area (Å²) in [7, 11) is 1.93. The van der Waals surface area contributed by atoms with E-state index in [1.807, 2.05) is 36.7 Å². The van der Waals surface area contributed by atoms with Gasteiger partial charge in [-0.05, 0) is 25.1 Å². The summed E-state index contributed by atoms with van der Waals surface area (Å²) in [6, 6.07) is 5.52. The third-order valence-corrected chi connectivity index (χ3v) is 2.52. The number of nitrogens with one attached hydrogen (secondary N) is 1. The molecule has 0 fully saturated rings. The summed E-state index contributed by atoms with van der Waals surface area (Å²) in [6.07, 6.45) is 2.07. The van der Waals surface area contributed by atoms with Gasteiger partial charge in [0.1, 0.15) is 0 Å². The molecule has 0 radical (unpaired) electrons. The van der Waals surface area contributed by atoms with Gasteiger partial charge in [0.2, 0.25) is 5.91 Å². The molecule has 2 rings (SSSR count). The van der Waals surface area contributed by atoms with Crippen molar-refractivity contribution in [2.45, 2.75) is 19.4 Å². The molecule has 0 aliphatic rings. The van der Waals surface area contributed by atoms with Gasteiger partial charge >= 0.3 is 0 Å². The number of nitrogens with zero attached hydrogens (tertiary/aromatic N) is 2. The fourth-order valence-electron chi connectivity index (χ4n) is 1.72. The van der Waals surface area contributed by atoms with Gasteiger partial charge in [-0.25, -0.2) is 4.98 Å². The Morgan fingerprint density at radius 2 is 2.35 bits per heavy atom. The Kier molecular flexibility index (Phi) is 3.10. The first-order chi connectivity index (χ1) is 8.06. The lowest BCUT2D eigenvalue weighted by Gasteiger charge is -2.07. The van der Waals surface area contributed by atoms with E-state index in [9.17, 15) is 4.79 Å². The molecule has 1 heterocycles. The summed E-state index contributed by atoms with van der Waals surface area (Å²) in [5, 5.41) is 2.81. The first kappa shape index (κ1) is 11.6. The zero-order chi connectivity index (χ0) is 12.4. The summed E-state index contributed by atoms with van der Waals surface area (Å²) in [5.74, 6) is -0.0738. The molecule has 0 spiro atoms. The minimum Gasteiger partial charge on any atom is -0.334 e. The number of amides is 1. The van der Waals surface area contributed by atoms with E-state index in [1.54, 1.807) is 6.33 Å². The lowest BCUT2D eigenvalue weighted by Crippen LogP contribution is -2.23. The Hall–Kier alpha value is -1.88. The second kappa shape index (κ2) is 4.55. The van der Waals surface area contributed by atoms with Crippen LogP contribution in [0.1, 0.15) is 13.3 Å². The van der Waals surface area contributed by atoms with Gasteiger partial charge in [-0.3, -0.25) is 4.79 Å². The predicted octanol–water partition coefficient (Wildman–Crippen LogP) is 1.25. The van der Waals surface area contributed by atoms with Crippen molar-refractivity contribution in [3.8, 4) is 0 Å². The molecule has 17 heavy (non-hydrogen) atoms. The largest absolute Gasteiger partial charge is 0.334 e. The van der Waals surface area contributed by atoms with Crippen LogP contribution in [0.15, 0.2) is 24.5 Å². The minimum absolute atomic E-state index is 0.0738. The van der Waals surface area contributed by atoms with Crippen LogP contribution in [0.2, 0.25) is 0 Å². The molecule has 5 nitrogen and oxygen atoms in total. The molecular formula is C12H16N4O.